The summed E-state index contributed by atoms with van der Waals surface area (Å²) in [4.78, 5) is 9.30. The van der Waals surface area contributed by atoms with Crippen LogP contribution in [0.3, 0.4) is 0 Å². The van der Waals surface area contributed by atoms with E-state index in [0.29, 0.717) is 0 Å². The van der Waals surface area contributed by atoms with Crippen LogP contribution in [0.25, 0.3) is 0 Å². The minimum atomic E-state index is 0.820. The fourth-order valence-electron chi connectivity index (χ4n) is 2.55. The summed E-state index contributed by atoms with van der Waals surface area (Å²) in [7, 11) is 1.70. The van der Waals surface area contributed by atoms with E-state index in [9.17, 15) is 0 Å². The van der Waals surface area contributed by atoms with Crippen molar-refractivity contribution >= 4 is 11.6 Å². The molecule has 0 aliphatic carbocycles. The Kier molecular flexibility index (Phi) is 5.72. The molecule has 0 atom stereocenters. The molecule has 0 bridgehead atoms. The summed E-state index contributed by atoms with van der Waals surface area (Å²) in [6, 6.07) is 8.29. The average Bonchev–Trinajstić information content (AvgIpc) is 2.55. The number of anilines is 1. The number of hydrogen-bond acceptors (Lipinski definition) is 3. The van der Waals surface area contributed by atoms with Crippen LogP contribution in [0.2, 0.25) is 0 Å². The molecule has 0 spiro atoms. The first kappa shape index (κ1) is 15.5. The first-order chi connectivity index (χ1) is 10.3. The van der Waals surface area contributed by atoms with Crippen LogP contribution in [0.1, 0.15) is 13.8 Å². The lowest BCUT2D eigenvalue weighted by Gasteiger charge is -2.37. The van der Waals surface area contributed by atoms with Gasteiger partial charge in [0.25, 0.3) is 0 Å². The van der Waals surface area contributed by atoms with Crippen molar-refractivity contribution in [3.8, 4) is 5.75 Å². The second-order valence-electron chi connectivity index (χ2n) is 5.00. The smallest absolute Gasteiger partial charge is 0.194 e. The maximum Gasteiger partial charge on any atom is 0.194 e. The third-order valence-electron chi connectivity index (χ3n) is 3.66. The fourth-order valence-corrected chi connectivity index (χ4v) is 2.55. The van der Waals surface area contributed by atoms with Crippen LogP contribution in [0.15, 0.2) is 29.3 Å². The minimum Gasteiger partial charge on any atom is -0.497 e. The molecule has 0 radical (unpaired) electrons. The zero-order valence-electron chi connectivity index (χ0n) is 13.3. The van der Waals surface area contributed by atoms with Crippen LogP contribution >= 0.6 is 0 Å². The van der Waals surface area contributed by atoms with E-state index in [2.05, 4.69) is 46.1 Å². The van der Waals surface area contributed by atoms with Gasteiger partial charge < -0.3 is 19.9 Å². The number of guanidine groups is 1. The van der Waals surface area contributed by atoms with Crippen LogP contribution in [0.4, 0.5) is 5.69 Å². The molecule has 1 saturated heterocycles. The average molecular weight is 290 g/mol. The summed E-state index contributed by atoms with van der Waals surface area (Å²) in [5.41, 5.74) is 1.26. The van der Waals surface area contributed by atoms with Gasteiger partial charge in [-0.05, 0) is 38.1 Å². The van der Waals surface area contributed by atoms with Gasteiger partial charge in [-0.3, -0.25) is 4.99 Å². The highest BCUT2D eigenvalue weighted by Gasteiger charge is 2.19. The lowest BCUT2D eigenvalue weighted by Crippen LogP contribution is -2.52. The summed E-state index contributed by atoms with van der Waals surface area (Å²) < 4.78 is 5.21. The van der Waals surface area contributed by atoms with Crippen LogP contribution in [0.5, 0.6) is 5.75 Å². The van der Waals surface area contributed by atoms with E-state index >= 15 is 0 Å². The molecular weight excluding hydrogens is 264 g/mol. The molecule has 1 N–H and O–H groups in total. The molecule has 1 aliphatic rings. The lowest BCUT2D eigenvalue weighted by atomic mass is 10.2. The first-order valence-corrected chi connectivity index (χ1v) is 7.70. The van der Waals surface area contributed by atoms with Gasteiger partial charge in [-0.2, -0.15) is 0 Å². The highest BCUT2D eigenvalue weighted by atomic mass is 16.5. The number of nitrogens with one attached hydrogen (secondary N) is 1. The molecule has 0 unspecified atom stereocenters. The van der Waals surface area contributed by atoms with Crippen LogP contribution in [-0.2, 0) is 0 Å². The molecule has 1 aliphatic heterocycles. The summed E-state index contributed by atoms with van der Waals surface area (Å²) in [5.74, 6) is 1.94. The Morgan fingerprint density at radius 1 is 1.14 bits per heavy atom. The Morgan fingerprint density at radius 3 is 2.33 bits per heavy atom. The molecule has 0 saturated carbocycles. The standard InChI is InChI=1S/C16H26N4O/c1-4-17-16(18-5-2)20-12-10-19(11-13-20)14-6-8-15(21-3)9-7-14/h6-9H,4-5,10-13H2,1-3H3,(H,17,18). The topological polar surface area (TPSA) is 40.1 Å². The predicted octanol–water partition coefficient (Wildman–Crippen LogP) is 1.80. The normalized spacial score (nSPS) is 16.0. The van der Waals surface area contributed by atoms with Gasteiger partial charge in [0.1, 0.15) is 5.75 Å². The Balaban J connectivity index is 1.94. The zero-order valence-corrected chi connectivity index (χ0v) is 13.3. The number of aliphatic imine (C=N–C) groups is 1. The number of ether oxygens (including phenoxy) is 1. The van der Waals surface area contributed by atoms with Gasteiger partial charge in [0.15, 0.2) is 5.96 Å². The lowest BCUT2D eigenvalue weighted by molar-refractivity contribution is 0.372. The van der Waals surface area contributed by atoms with Gasteiger partial charge in [-0.25, -0.2) is 0 Å². The SMILES string of the molecule is CCN=C(NCC)N1CCN(c2ccc(OC)cc2)CC1. The highest BCUT2D eigenvalue weighted by Crippen LogP contribution is 2.20. The molecule has 0 amide bonds. The molecular formula is C16H26N4O. The van der Waals surface area contributed by atoms with Gasteiger partial charge in [-0.1, -0.05) is 0 Å². The van der Waals surface area contributed by atoms with Gasteiger partial charge >= 0.3 is 0 Å². The summed E-state index contributed by atoms with van der Waals surface area (Å²) in [6.07, 6.45) is 0. The Bertz CT molecular complexity index is 450. The predicted molar refractivity (Wildman–Crippen MR) is 88.4 cm³/mol. The third kappa shape index (κ3) is 4.03. The maximum absolute atomic E-state index is 5.21. The second kappa shape index (κ2) is 7.76. The Hall–Kier alpha value is -1.91. The Labute approximate surface area is 127 Å². The van der Waals surface area contributed by atoms with E-state index in [4.69, 9.17) is 4.74 Å². The molecule has 1 fully saturated rings. The zero-order chi connectivity index (χ0) is 15.1. The second-order valence-corrected chi connectivity index (χ2v) is 5.00. The van der Waals surface area contributed by atoms with Gasteiger partial charge in [0.05, 0.1) is 7.11 Å². The van der Waals surface area contributed by atoms with Gasteiger partial charge in [0.2, 0.25) is 0 Å². The van der Waals surface area contributed by atoms with E-state index in [1.807, 2.05) is 12.1 Å². The van der Waals surface area contributed by atoms with Gasteiger partial charge in [-0.15, -0.1) is 0 Å². The molecule has 1 aromatic rings. The van der Waals surface area contributed by atoms with Crippen molar-refractivity contribution in [2.75, 3.05) is 51.3 Å². The van der Waals surface area contributed by atoms with Crippen molar-refractivity contribution in [1.29, 1.82) is 0 Å². The summed E-state index contributed by atoms with van der Waals surface area (Å²) >= 11 is 0. The molecule has 1 heterocycles. The molecule has 5 nitrogen and oxygen atoms in total. The van der Waals surface area contributed by atoms with E-state index < -0.39 is 0 Å². The fraction of sp³-hybridized carbons (Fsp3) is 0.562. The number of nitrogens with zero attached hydrogens (tertiary/aromatic N) is 3. The van der Waals surface area contributed by atoms with Gasteiger partial charge in [0, 0.05) is 45.0 Å². The van der Waals surface area contributed by atoms with Crippen molar-refractivity contribution in [1.82, 2.24) is 10.2 Å². The molecule has 116 valence electrons. The molecule has 5 heteroatoms. The van der Waals surface area contributed by atoms with Crippen molar-refractivity contribution < 1.29 is 4.74 Å². The van der Waals surface area contributed by atoms with Crippen LogP contribution < -0.4 is 15.0 Å². The van der Waals surface area contributed by atoms with Crippen LogP contribution in [0, 0.1) is 0 Å². The Morgan fingerprint density at radius 2 is 1.81 bits per heavy atom. The highest BCUT2D eigenvalue weighted by molar-refractivity contribution is 5.80. The molecule has 0 aromatic heterocycles. The number of methoxy groups -OCH3 is 1. The minimum absolute atomic E-state index is 0.820. The summed E-state index contributed by atoms with van der Waals surface area (Å²) in [6.45, 7) is 9.94. The summed E-state index contributed by atoms with van der Waals surface area (Å²) in [5, 5.41) is 3.36. The van der Waals surface area contributed by atoms with E-state index in [-0.39, 0.29) is 0 Å². The van der Waals surface area contributed by atoms with E-state index in [1.54, 1.807) is 7.11 Å². The van der Waals surface area contributed by atoms with Crippen molar-refractivity contribution in [3.63, 3.8) is 0 Å². The van der Waals surface area contributed by atoms with Crippen LogP contribution in [-0.4, -0.2) is 57.2 Å². The maximum atomic E-state index is 5.21. The largest absolute Gasteiger partial charge is 0.497 e. The van der Waals surface area contributed by atoms with E-state index in [0.717, 1.165) is 51.0 Å². The molecule has 21 heavy (non-hydrogen) atoms. The number of benzene rings is 1. The number of hydrogen-bond donors (Lipinski definition) is 1. The monoisotopic (exact) mass is 290 g/mol. The van der Waals surface area contributed by atoms with Crippen molar-refractivity contribution in [2.45, 2.75) is 13.8 Å². The van der Waals surface area contributed by atoms with E-state index in [1.165, 1.54) is 5.69 Å². The quantitative estimate of drug-likeness (QED) is 0.678. The van der Waals surface area contributed by atoms with Crippen molar-refractivity contribution in [3.05, 3.63) is 24.3 Å². The third-order valence-corrected chi connectivity index (χ3v) is 3.66. The molecule has 1 aromatic carbocycles. The first-order valence-electron chi connectivity index (χ1n) is 7.70. The number of rotatable bonds is 4. The number of piperazine rings is 1. The van der Waals surface area contributed by atoms with Crippen molar-refractivity contribution in [2.24, 2.45) is 4.99 Å². The molecule has 2 rings (SSSR count).